The summed E-state index contributed by atoms with van der Waals surface area (Å²) in [5, 5.41) is 12.6. The molecule has 1 aliphatic heterocycles. The molecule has 1 saturated heterocycles. The maximum absolute atomic E-state index is 12.2. The SMILES string of the molecule is CCCc1nnc(NC(=O)CN2CCN(Cc3ccccc3)CC2)s1. The second-order valence-electron chi connectivity index (χ2n) is 6.34. The van der Waals surface area contributed by atoms with Crippen molar-refractivity contribution in [3.63, 3.8) is 0 Å². The molecule has 0 unspecified atom stereocenters. The van der Waals surface area contributed by atoms with Gasteiger partial charge in [-0.15, -0.1) is 10.2 Å². The molecule has 1 N–H and O–H groups in total. The summed E-state index contributed by atoms with van der Waals surface area (Å²) >= 11 is 1.47. The minimum Gasteiger partial charge on any atom is -0.299 e. The van der Waals surface area contributed by atoms with Gasteiger partial charge in [-0.3, -0.25) is 19.9 Å². The lowest BCUT2D eigenvalue weighted by Gasteiger charge is -2.34. The van der Waals surface area contributed by atoms with Crippen molar-refractivity contribution in [1.82, 2.24) is 20.0 Å². The van der Waals surface area contributed by atoms with Gasteiger partial charge in [0.05, 0.1) is 6.54 Å². The molecule has 0 atom stereocenters. The van der Waals surface area contributed by atoms with Crippen LogP contribution in [0.15, 0.2) is 30.3 Å². The first-order valence-electron chi connectivity index (χ1n) is 8.84. The van der Waals surface area contributed by atoms with Crippen molar-refractivity contribution in [2.45, 2.75) is 26.3 Å². The van der Waals surface area contributed by atoms with Crippen molar-refractivity contribution in [2.75, 3.05) is 38.0 Å². The van der Waals surface area contributed by atoms with E-state index in [4.69, 9.17) is 0 Å². The summed E-state index contributed by atoms with van der Waals surface area (Å²) in [7, 11) is 0. The van der Waals surface area contributed by atoms with Crippen LogP contribution in [-0.2, 0) is 17.8 Å². The Morgan fingerprint density at radius 2 is 1.84 bits per heavy atom. The summed E-state index contributed by atoms with van der Waals surface area (Å²) < 4.78 is 0. The summed E-state index contributed by atoms with van der Waals surface area (Å²) in [4.78, 5) is 16.8. The zero-order valence-electron chi connectivity index (χ0n) is 14.6. The van der Waals surface area contributed by atoms with Gasteiger partial charge in [-0.1, -0.05) is 48.6 Å². The number of nitrogens with one attached hydrogen (secondary N) is 1. The first kappa shape index (κ1) is 18.0. The van der Waals surface area contributed by atoms with E-state index >= 15 is 0 Å². The number of nitrogens with zero attached hydrogens (tertiary/aromatic N) is 4. The van der Waals surface area contributed by atoms with Crippen LogP contribution in [-0.4, -0.2) is 58.6 Å². The second-order valence-corrected chi connectivity index (χ2v) is 7.40. The highest BCUT2D eigenvalue weighted by Crippen LogP contribution is 2.16. The molecule has 1 aromatic heterocycles. The summed E-state index contributed by atoms with van der Waals surface area (Å²) in [6, 6.07) is 10.5. The van der Waals surface area contributed by atoms with E-state index in [1.165, 1.54) is 16.9 Å². The van der Waals surface area contributed by atoms with Gasteiger partial charge in [0.25, 0.3) is 0 Å². The third kappa shape index (κ3) is 5.59. The number of benzene rings is 1. The first-order valence-corrected chi connectivity index (χ1v) is 9.65. The molecule has 1 aliphatic rings. The molecular formula is C18H25N5OS. The van der Waals surface area contributed by atoms with Gasteiger partial charge in [0.15, 0.2) is 0 Å². The minimum atomic E-state index is -0.00397. The van der Waals surface area contributed by atoms with Gasteiger partial charge in [0, 0.05) is 39.1 Å². The highest BCUT2D eigenvalue weighted by Gasteiger charge is 2.19. The van der Waals surface area contributed by atoms with E-state index in [1.807, 2.05) is 6.07 Å². The maximum atomic E-state index is 12.2. The van der Waals surface area contributed by atoms with E-state index in [-0.39, 0.29) is 5.91 Å². The fourth-order valence-electron chi connectivity index (χ4n) is 2.93. The summed E-state index contributed by atoms with van der Waals surface area (Å²) in [5.41, 5.74) is 1.34. The molecular weight excluding hydrogens is 334 g/mol. The Labute approximate surface area is 152 Å². The molecule has 0 aliphatic carbocycles. The molecule has 0 spiro atoms. The Balaban J connectivity index is 1.40. The smallest absolute Gasteiger partial charge is 0.240 e. The molecule has 7 heteroatoms. The minimum absolute atomic E-state index is 0.00397. The first-order chi connectivity index (χ1) is 12.2. The topological polar surface area (TPSA) is 61.4 Å². The summed E-state index contributed by atoms with van der Waals surface area (Å²) in [6.07, 6.45) is 1.95. The van der Waals surface area contributed by atoms with E-state index in [0.29, 0.717) is 11.7 Å². The van der Waals surface area contributed by atoms with Crippen LogP contribution >= 0.6 is 11.3 Å². The maximum Gasteiger partial charge on any atom is 0.240 e. The lowest BCUT2D eigenvalue weighted by Crippen LogP contribution is -2.48. The van der Waals surface area contributed by atoms with E-state index in [9.17, 15) is 4.79 Å². The van der Waals surface area contributed by atoms with Gasteiger partial charge in [0.2, 0.25) is 11.0 Å². The zero-order chi connectivity index (χ0) is 17.5. The van der Waals surface area contributed by atoms with Gasteiger partial charge in [-0.25, -0.2) is 0 Å². The van der Waals surface area contributed by atoms with Crippen molar-refractivity contribution in [3.8, 4) is 0 Å². The molecule has 1 amide bonds. The molecule has 3 rings (SSSR count). The monoisotopic (exact) mass is 359 g/mol. The molecule has 25 heavy (non-hydrogen) atoms. The van der Waals surface area contributed by atoms with Crippen LogP contribution in [0.3, 0.4) is 0 Å². The molecule has 0 radical (unpaired) electrons. The van der Waals surface area contributed by atoms with Crippen LogP contribution in [0.5, 0.6) is 0 Å². The van der Waals surface area contributed by atoms with Gasteiger partial charge in [-0.2, -0.15) is 0 Å². The molecule has 0 bridgehead atoms. The van der Waals surface area contributed by atoms with Crippen molar-refractivity contribution in [2.24, 2.45) is 0 Å². The van der Waals surface area contributed by atoms with Gasteiger partial charge < -0.3 is 0 Å². The van der Waals surface area contributed by atoms with Crippen LogP contribution in [0.4, 0.5) is 5.13 Å². The van der Waals surface area contributed by atoms with E-state index in [1.54, 1.807) is 0 Å². The molecule has 0 saturated carbocycles. The van der Waals surface area contributed by atoms with Gasteiger partial charge in [0.1, 0.15) is 5.01 Å². The molecule has 134 valence electrons. The van der Waals surface area contributed by atoms with Crippen LogP contribution in [0, 0.1) is 0 Å². The number of aromatic nitrogens is 2. The van der Waals surface area contributed by atoms with Crippen LogP contribution < -0.4 is 5.32 Å². The fourth-order valence-corrected chi connectivity index (χ4v) is 3.79. The standard InChI is InChI=1S/C18H25N5OS/c1-2-6-17-20-21-18(25-17)19-16(24)14-23-11-9-22(10-12-23)13-15-7-4-3-5-8-15/h3-5,7-8H,2,6,9-14H2,1H3,(H,19,21,24). The molecule has 2 heterocycles. The van der Waals surface area contributed by atoms with Crippen LogP contribution in [0.2, 0.25) is 0 Å². The third-order valence-electron chi connectivity index (χ3n) is 4.26. The lowest BCUT2D eigenvalue weighted by molar-refractivity contribution is -0.117. The Hall–Kier alpha value is -1.83. The highest BCUT2D eigenvalue weighted by molar-refractivity contribution is 7.15. The zero-order valence-corrected chi connectivity index (χ0v) is 15.5. The quantitative estimate of drug-likeness (QED) is 0.822. The van der Waals surface area contributed by atoms with Crippen LogP contribution in [0.25, 0.3) is 0 Å². The van der Waals surface area contributed by atoms with E-state index < -0.39 is 0 Å². The predicted octanol–water partition coefficient (Wildman–Crippen LogP) is 2.25. The fraction of sp³-hybridized carbons (Fsp3) is 0.500. The van der Waals surface area contributed by atoms with Crippen LogP contribution in [0.1, 0.15) is 23.9 Å². The second kappa shape index (κ2) is 9.03. The Morgan fingerprint density at radius 1 is 1.12 bits per heavy atom. The largest absolute Gasteiger partial charge is 0.299 e. The molecule has 1 fully saturated rings. The predicted molar refractivity (Wildman–Crippen MR) is 101 cm³/mol. The Bertz CT molecular complexity index is 667. The number of hydrogen-bond donors (Lipinski definition) is 1. The van der Waals surface area contributed by atoms with Gasteiger partial charge >= 0.3 is 0 Å². The number of carbonyl (C=O) groups is 1. The Morgan fingerprint density at radius 3 is 2.56 bits per heavy atom. The number of hydrogen-bond acceptors (Lipinski definition) is 6. The molecule has 2 aromatic rings. The van der Waals surface area contributed by atoms with Crippen molar-refractivity contribution < 1.29 is 4.79 Å². The number of rotatable bonds is 7. The normalized spacial score (nSPS) is 16.0. The number of anilines is 1. The number of piperazine rings is 1. The van der Waals surface area contributed by atoms with Crippen molar-refractivity contribution in [3.05, 3.63) is 40.9 Å². The van der Waals surface area contributed by atoms with E-state index in [2.05, 4.69) is 56.5 Å². The van der Waals surface area contributed by atoms with E-state index in [0.717, 1.165) is 50.6 Å². The number of aryl methyl sites for hydroxylation is 1. The van der Waals surface area contributed by atoms with Crippen molar-refractivity contribution >= 4 is 22.4 Å². The summed E-state index contributed by atoms with van der Waals surface area (Å²) in [6.45, 7) is 7.31. The van der Waals surface area contributed by atoms with Gasteiger partial charge in [-0.05, 0) is 12.0 Å². The third-order valence-corrected chi connectivity index (χ3v) is 5.16. The highest BCUT2D eigenvalue weighted by atomic mass is 32.1. The average molecular weight is 359 g/mol. The number of amides is 1. The average Bonchev–Trinajstić information content (AvgIpc) is 3.05. The Kier molecular flexibility index (Phi) is 6.49. The molecule has 1 aromatic carbocycles. The number of carbonyl (C=O) groups excluding carboxylic acids is 1. The molecule has 6 nitrogen and oxygen atoms in total. The lowest BCUT2D eigenvalue weighted by atomic mass is 10.2. The summed E-state index contributed by atoms with van der Waals surface area (Å²) in [5.74, 6) is -0.00397. The van der Waals surface area contributed by atoms with Crippen molar-refractivity contribution in [1.29, 1.82) is 0 Å².